The number of hydrogen-bond donors (Lipinski definition) is 2. The van der Waals surface area contributed by atoms with Gasteiger partial charge in [-0.3, -0.25) is 4.68 Å². The van der Waals surface area contributed by atoms with Crippen LogP contribution in [0.15, 0.2) is 36.5 Å². The Labute approximate surface area is 151 Å². The smallest absolute Gasteiger partial charge is 0.358 e. The molecule has 26 heavy (non-hydrogen) atoms. The van der Waals surface area contributed by atoms with Gasteiger partial charge in [0.1, 0.15) is 0 Å². The van der Waals surface area contributed by atoms with Crippen molar-refractivity contribution in [2.75, 3.05) is 19.6 Å². The fourth-order valence-corrected chi connectivity index (χ4v) is 3.22. The van der Waals surface area contributed by atoms with Crippen molar-refractivity contribution in [2.24, 2.45) is 5.92 Å². The number of carbonyl (C=O) groups excluding carboxylic acids is 1. The quantitative estimate of drug-likeness (QED) is 0.819. The highest BCUT2D eigenvalue weighted by Gasteiger charge is 2.24. The van der Waals surface area contributed by atoms with Crippen LogP contribution >= 0.6 is 0 Å². The van der Waals surface area contributed by atoms with Crippen LogP contribution in [0.4, 0.5) is 4.79 Å². The number of aromatic carboxylic acids is 1. The molecule has 1 fully saturated rings. The van der Waals surface area contributed by atoms with E-state index in [1.807, 2.05) is 35.2 Å². The van der Waals surface area contributed by atoms with Crippen LogP contribution in [-0.4, -0.2) is 56.6 Å². The van der Waals surface area contributed by atoms with Crippen molar-refractivity contribution in [2.45, 2.75) is 25.8 Å². The summed E-state index contributed by atoms with van der Waals surface area (Å²) >= 11 is 0. The number of likely N-dealkylation sites (tertiary alicyclic amines) is 1. The summed E-state index contributed by atoms with van der Waals surface area (Å²) in [5.41, 5.74) is 1.14. The Morgan fingerprint density at radius 3 is 2.81 bits per heavy atom. The summed E-state index contributed by atoms with van der Waals surface area (Å²) in [4.78, 5) is 25.1. The van der Waals surface area contributed by atoms with Gasteiger partial charge in [0.15, 0.2) is 5.69 Å². The van der Waals surface area contributed by atoms with Crippen molar-refractivity contribution >= 4 is 12.0 Å². The fourth-order valence-electron chi connectivity index (χ4n) is 3.22. The van der Waals surface area contributed by atoms with Gasteiger partial charge in [0.05, 0.1) is 6.20 Å². The van der Waals surface area contributed by atoms with Crippen LogP contribution < -0.4 is 5.32 Å². The molecule has 1 aromatic carbocycles. The number of rotatable bonds is 6. The van der Waals surface area contributed by atoms with Gasteiger partial charge in [-0.05, 0) is 30.7 Å². The molecule has 1 atom stereocenters. The highest BCUT2D eigenvalue weighted by Crippen LogP contribution is 2.18. The van der Waals surface area contributed by atoms with Gasteiger partial charge in [-0.1, -0.05) is 35.5 Å². The van der Waals surface area contributed by atoms with E-state index in [4.69, 9.17) is 5.11 Å². The molecule has 8 nitrogen and oxygen atoms in total. The van der Waals surface area contributed by atoms with E-state index in [0.29, 0.717) is 19.6 Å². The molecule has 0 radical (unpaired) electrons. The molecule has 0 aliphatic carbocycles. The molecule has 0 unspecified atom stereocenters. The lowest BCUT2D eigenvalue weighted by Crippen LogP contribution is -2.46. The van der Waals surface area contributed by atoms with Gasteiger partial charge in [-0.25, -0.2) is 9.59 Å². The third-order valence-corrected chi connectivity index (χ3v) is 4.54. The van der Waals surface area contributed by atoms with Gasteiger partial charge >= 0.3 is 12.0 Å². The molecule has 2 amide bonds. The van der Waals surface area contributed by atoms with Crippen molar-refractivity contribution in [3.63, 3.8) is 0 Å². The van der Waals surface area contributed by atoms with Crippen molar-refractivity contribution in [1.29, 1.82) is 0 Å². The van der Waals surface area contributed by atoms with Crippen LogP contribution in [0.25, 0.3) is 0 Å². The number of nitrogens with one attached hydrogen (secondary N) is 1. The van der Waals surface area contributed by atoms with Crippen LogP contribution in [0, 0.1) is 5.92 Å². The van der Waals surface area contributed by atoms with E-state index in [2.05, 4.69) is 15.6 Å². The van der Waals surface area contributed by atoms with E-state index in [-0.39, 0.29) is 17.6 Å². The summed E-state index contributed by atoms with van der Waals surface area (Å²) in [5.74, 6) is -0.841. The van der Waals surface area contributed by atoms with Crippen LogP contribution in [0.5, 0.6) is 0 Å². The number of aromatic nitrogens is 3. The van der Waals surface area contributed by atoms with E-state index < -0.39 is 5.97 Å². The summed E-state index contributed by atoms with van der Waals surface area (Å²) in [6, 6.07) is 10.0. The molecular formula is C18H23N5O3. The maximum absolute atomic E-state index is 12.4. The first kappa shape index (κ1) is 17.9. The lowest BCUT2D eigenvalue weighted by molar-refractivity contribution is 0.0690. The van der Waals surface area contributed by atoms with Crippen LogP contribution in [0.3, 0.4) is 0 Å². The van der Waals surface area contributed by atoms with Crippen molar-refractivity contribution in [1.82, 2.24) is 25.2 Å². The number of hydrogen-bond acceptors (Lipinski definition) is 4. The predicted molar refractivity (Wildman–Crippen MR) is 94.8 cm³/mol. The van der Waals surface area contributed by atoms with Crippen LogP contribution in [0.2, 0.25) is 0 Å². The Morgan fingerprint density at radius 2 is 2.08 bits per heavy atom. The molecule has 1 saturated heterocycles. The summed E-state index contributed by atoms with van der Waals surface area (Å²) < 4.78 is 1.55. The first-order chi connectivity index (χ1) is 12.6. The Morgan fingerprint density at radius 1 is 1.27 bits per heavy atom. The van der Waals surface area contributed by atoms with Gasteiger partial charge in [0, 0.05) is 26.2 Å². The highest BCUT2D eigenvalue weighted by molar-refractivity contribution is 5.84. The second-order valence-corrected chi connectivity index (χ2v) is 6.55. The van der Waals surface area contributed by atoms with Gasteiger partial charge in [0.25, 0.3) is 0 Å². The number of carbonyl (C=O) groups is 2. The van der Waals surface area contributed by atoms with Crippen LogP contribution in [0.1, 0.15) is 28.9 Å². The zero-order chi connectivity index (χ0) is 18.4. The maximum Gasteiger partial charge on any atom is 0.358 e. The molecule has 1 aliphatic heterocycles. The molecule has 1 aliphatic rings. The number of urea groups is 1. The summed E-state index contributed by atoms with van der Waals surface area (Å²) in [5, 5.41) is 19.4. The van der Waals surface area contributed by atoms with Gasteiger partial charge in [-0.2, -0.15) is 0 Å². The third-order valence-electron chi connectivity index (χ3n) is 4.54. The molecule has 0 spiro atoms. The number of amides is 2. The van der Waals surface area contributed by atoms with E-state index in [1.165, 1.54) is 11.8 Å². The Balaban J connectivity index is 1.46. The van der Waals surface area contributed by atoms with E-state index in [0.717, 1.165) is 25.8 Å². The molecule has 0 bridgehead atoms. The average Bonchev–Trinajstić information content (AvgIpc) is 3.11. The van der Waals surface area contributed by atoms with Gasteiger partial charge in [-0.15, -0.1) is 5.10 Å². The molecule has 2 N–H and O–H groups in total. The number of nitrogens with zero attached hydrogens (tertiary/aromatic N) is 4. The number of benzene rings is 1. The van der Waals surface area contributed by atoms with Crippen molar-refractivity contribution in [3.05, 3.63) is 47.8 Å². The SMILES string of the molecule is O=C(O)c1cn(C[C@@H]2CCCN(C(=O)NCCc3ccccc3)C2)nn1. The monoisotopic (exact) mass is 357 g/mol. The number of carboxylic acids is 1. The third kappa shape index (κ3) is 4.81. The number of piperidine rings is 1. The average molecular weight is 357 g/mol. The van der Waals surface area contributed by atoms with Crippen molar-refractivity contribution < 1.29 is 14.7 Å². The lowest BCUT2D eigenvalue weighted by Gasteiger charge is -2.32. The van der Waals surface area contributed by atoms with Gasteiger partial charge in [0.2, 0.25) is 0 Å². The standard InChI is InChI=1S/C18H23N5O3/c24-17(25)16-13-23(21-20-16)12-15-7-4-10-22(11-15)18(26)19-9-8-14-5-2-1-3-6-14/h1-3,5-6,13,15H,4,7-12H2,(H,19,26)(H,24,25)/t15-/m1/s1. The van der Waals surface area contributed by atoms with Crippen molar-refractivity contribution in [3.8, 4) is 0 Å². The summed E-state index contributed by atoms with van der Waals surface area (Å²) in [7, 11) is 0. The van der Waals surface area contributed by atoms with Gasteiger partial charge < -0.3 is 15.3 Å². The Bertz CT molecular complexity index is 746. The largest absolute Gasteiger partial charge is 0.476 e. The minimum Gasteiger partial charge on any atom is -0.476 e. The lowest BCUT2D eigenvalue weighted by atomic mass is 9.98. The topological polar surface area (TPSA) is 100 Å². The van der Waals surface area contributed by atoms with Crippen LogP contribution in [-0.2, 0) is 13.0 Å². The number of carboxylic acid groups (broad SMARTS) is 1. The Hall–Kier alpha value is -2.90. The minimum absolute atomic E-state index is 0.0459. The molecule has 8 heteroatoms. The zero-order valence-corrected chi connectivity index (χ0v) is 14.5. The van der Waals surface area contributed by atoms with E-state index in [9.17, 15) is 9.59 Å². The second kappa shape index (κ2) is 8.46. The molecule has 0 saturated carbocycles. The van der Waals surface area contributed by atoms with E-state index in [1.54, 1.807) is 4.68 Å². The summed E-state index contributed by atoms with van der Waals surface area (Å²) in [6.07, 6.45) is 4.15. The first-order valence-corrected chi connectivity index (χ1v) is 8.82. The minimum atomic E-state index is -1.08. The Kier molecular flexibility index (Phi) is 5.83. The predicted octanol–water partition coefficient (Wildman–Crippen LogP) is 1.64. The first-order valence-electron chi connectivity index (χ1n) is 8.82. The molecule has 138 valence electrons. The summed E-state index contributed by atoms with van der Waals surface area (Å²) in [6.45, 7) is 2.55. The zero-order valence-electron chi connectivity index (χ0n) is 14.5. The molecular weight excluding hydrogens is 334 g/mol. The normalized spacial score (nSPS) is 17.1. The second-order valence-electron chi connectivity index (χ2n) is 6.55. The molecule has 2 aromatic rings. The maximum atomic E-state index is 12.4. The molecule has 3 rings (SSSR count). The van der Waals surface area contributed by atoms with E-state index >= 15 is 0 Å². The molecule has 1 aromatic heterocycles. The molecule has 2 heterocycles. The highest BCUT2D eigenvalue weighted by atomic mass is 16.4. The fraction of sp³-hybridized carbons (Fsp3) is 0.444.